The molecule has 5 nitrogen and oxygen atoms in total. The summed E-state index contributed by atoms with van der Waals surface area (Å²) in [6.07, 6.45) is 0. The number of hydrogen-bond acceptors (Lipinski definition) is 7. The Morgan fingerprint density at radius 1 is 1.10 bits per heavy atom. The first-order chi connectivity index (χ1) is 14.1. The van der Waals surface area contributed by atoms with Crippen LogP contribution in [0.3, 0.4) is 0 Å². The highest BCUT2D eigenvalue weighted by atomic mass is 35.5. The summed E-state index contributed by atoms with van der Waals surface area (Å²) < 4.78 is 2.15. The molecule has 0 aliphatic carbocycles. The minimum Gasteiger partial charge on any atom is -0.276 e. The molecule has 2 aromatic carbocycles. The lowest BCUT2D eigenvalue weighted by atomic mass is 9.94. The fraction of sp³-hybridized carbons (Fsp3) is 0.158. The largest absolute Gasteiger partial charge is 0.276 e. The van der Waals surface area contributed by atoms with E-state index in [0.717, 1.165) is 25.1 Å². The van der Waals surface area contributed by atoms with Crippen molar-refractivity contribution in [1.82, 2.24) is 15.2 Å². The number of halogens is 2. The molecule has 2 unspecified atom stereocenters. The molecule has 0 bridgehead atoms. The van der Waals surface area contributed by atoms with Gasteiger partial charge < -0.3 is 0 Å². The number of carbonyl (C=O) groups is 1. The van der Waals surface area contributed by atoms with Gasteiger partial charge in [-0.2, -0.15) is 0 Å². The molecule has 146 valence electrons. The number of para-hydroxylation sites is 1. The highest BCUT2D eigenvalue weighted by Crippen LogP contribution is 2.44. The van der Waals surface area contributed by atoms with Crippen LogP contribution in [0, 0.1) is 0 Å². The number of thioether (sulfide) groups is 1. The van der Waals surface area contributed by atoms with Crippen molar-refractivity contribution in [1.29, 1.82) is 0 Å². The number of thiazole rings is 1. The number of benzene rings is 2. The van der Waals surface area contributed by atoms with E-state index in [1.807, 2.05) is 36.4 Å². The van der Waals surface area contributed by atoms with E-state index in [2.05, 4.69) is 21.2 Å². The summed E-state index contributed by atoms with van der Waals surface area (Å²) in [5, 5.41) is 9.85. The van der Waals surface area contributed by atoms with Crippen LogP contribution in [0.5, 0.6) is 0 Å². The molecule has 1 saturated heterocycles. The number of amides is 1. The fourth-order valence-corrected chi connectivity index (χ4v) is 6.61. The molecule has 2 aromatic heterocycles. The van der Waals surface area contributed by atoms with Crippen LogP contribution in [-0.4, -0.2) is 26.5 Å². The molecule has 1 amide bonds. The van der Waals surface area contributed by atoms with Gasteiger partial charge in [-0.05, 0) is 29.8 Å². The smallest absolute Gasteiger partial charge is 0.250 e. The number of fused-ring (bicyclic) bond motifs is 1. The van der Waals surface area contributed by atoms with E-state index in [0.29, 0.717) is 15.9 Å². The number of β-lactam (4-membered cyclic amide) rings is 1. The van der Waals surface area contributed by atoms with E-state index >= 15 is 0 Å². The highest BCUT2D eigenvalue weighted by molar-refractivity contribution is 8.00. The Morgan fingerprint density at radius 3 is 2.79 bits per heavy atom. The Balaban J connectivity index is 1.32. The van der Waals surface area contributed by atoms with Crippen LogP contribution in [0.15, 0.2) is 52.9 Å². The normalized spacial score (nSPS) is 19.0. The maximum atomic E-state index is 12.4. The Labute approximate surface area is 188 Å². The van der Waals surface area contributed by atoms with Crippen LogP contribution >= 0.6 is 57.6 Å². The van der Waals surface area contributed by atoms with Crippen LogP contribution in [0.1, 0.15) is 16.6 Å². The lowest BCUT2D eigenvalue weighted by molar-refractivity contribution is -0.123. The third-order valence-corrected chi connectivity index (χ3v) is 8.43. The second-order valence-corrected chi connectivity index (χ2v) is 10.5. The van der Waals surface area contributed by atoms with Crippen LogP contribution < -0.4 is 4.90 Å². The minimum absolute atomic E-state index is 0.168. The SMILES string of the molecule is O=C1C(Cl)C(c2cccc(Cl)c2)N1c1nnc(CSc2nc3ccccc3s2)s1. The Hall–Kier alpha value is -1.71. The van der Waals surface area contributed by atoms with E-state index in [1.54, 1.807) is 34.1 Å². The van der Waals surface area contributed by atoms with Gasteiger partial charge in [-0.3, -0.25) is 9.69 Å². The van der Waals surface area contributed by atoms with Crippen molar-refractivity contribution >= 4 is 78.9 Å². The molecular formula is C19H12Cl2N4OS3. The van der Waals surface area contributed by atoms with Crippen molar-refractivity contribution in [2.75, 3.05) is 4.90 Å². The first kappa shape index (κ1) is 19.3. The third-order valence-electron chi connectivity index (χ3n) is 4.47. The zero-order valence-corrected chi connectivity index (χ0v) is 18.6. The van der Waals surface area contributed by atoms with Crippen molar-refractivity contribution in [3.05, 3.63) is 64.1 Å². The molecule has 29 heavy (non-hydrogen) atoms. The van der Waals surface area contributed by atoms with E-state index in [9.17, 15) is 4.79 Å². The second kappa shape index (κ2) is 7.85. The summed E-state index contributed by atoms with van der Waals surface area (Å²) in [4.78, 5) is 18.6. The average molecular weight is 479 g/mol. The number of anilines is 1. The number of aromatic nitrogens is 3. The molecule has 2 atom stereocenters. The first-order valence-electron chi connectivity index (χ1n) is 8.63. The van der Waals surface area contributed by atoms with E-state index in [-0.39, 0.29) is 11.9 Å². The molecule has 5 rings (SSSR count). The standard InChI is InChI=1S/C19H12Cl2N4OS3/c20-11-5-3-4-10(8-11)16-15(21)17(26)25(16)18-24-23-14(29-18)9-27-19-22-12-6-1-2-7-13(12)28-19/h1-8,15-16H,9H2. The van der Waals surface area contributed by atoms with Crippen molar-refractivity contribution in [3.63, 3.8) is 0 Å². The Kier molecular flexibility index (Phi) is 5.21. The van der Waals surface area contributed by atoms with Crippen molar-refractivity contribution in [2.45, 2.75) is 21.5 Å². The zero-order chi connectivity index (χ0) is 20.0. The topological polar surface area (TPSA) is 59.0 Å². The number of carbonyl (C=O) groups excluding carboxylic acids is 1. The molecule has 0 N–H and O–H groups in total. The quantitative estimate of drug-likeness (QED) is 0.206. The zero-order valence-electron chi connectivity index (χ0n) is 14.7. The van der Waals surface area contributed by atoms with Gasteiger partial charge in [0.2, 0.25) is 11.0 Å². The van der Waals surface area contributed by atoms with Crippen molar-refractivity contribution < 1.29 is 4.79 Å². The Bertz CT molecular complexity index is 1180. The first-order valence-corrected chi connectivity index (χ1v) is 12.1. The number of nitrogens with zero attached hydrogens (tertiary/aromatic N) is 4. The summed E-state index contributed by atoms with van der Waals surface area (Å²) in [6, 6.07) is 15.2. The van der Waals surface area contributed by atoms with E-state index in [4.69, 9.17) is 23.2 Å². The van der Waals surface area contributed by atoms with Gasteiger partial charge in [0, 0.05) is 5.02 Å². The van der Waals surface area contributed by atoms with Gasteiger partial charge in [0.05, 0.1) is 22.0 Å². The van der Waals surface area contributed by atoms with Gasteiger partial charge in [0.25, 0.3) is 0 Å². The highest BCUT2D eigenvalue weighted by Gasteiger charge is 2.49. The molecule has 1 aliphatic heterocycles. The lowest BCUT2D eigenvalue weighted by Crippen LogP contribution is -2.56. The van der Waals surface area contributed by atoms with Crippen LogP contribution in [-0.2, 0) is 10.5 Å². The molecule has 3 heterocycles. The lowest BCUT2D eigenvalue weighted by Gasteiger charge is -2.42. The summed E-state index contributed by atoms with van der Waals surface area (Å²) >= 11 is 17.1. The van der Waals surface area contributed by atoms with Gasteiger partial charge in [0.15, 0.2) is 4.34 Å². The van der Waals surface area contributed by atoms with E-state index in [1.165, 1.54) is 11.3 Å². The van der Waals surface area contributed by atoms with Gasteiger partial charge >= 0.3 is 0 Å². The third kappa shape index (κ3) is 3.64. The molecule has 0 spiro atoms. The number of hydrogen-bond donors (Lipinski definition) is 0. The molecule has 4 aromatic rings. The second-order valence-electron chi connectivity index (χ2n) is 6.32. The van der Waals surface area contributed by atoms with Gasteiger partial charge in [-0.15, -0.1) is 33.1 Å². The van der Waals surface area contributed by atoms with Crippen LogP contribution in [0.2, 0.25) is 5.02 Å². The molecule has 1 fully saturated rings. The predicted molar refractivity (Wildman–Crippen MR) is 120 cm³/mol. The van der Waals surface area contributed by atoms with Crippen LogP contribution in [0.4, 0.5) is 5.13 Å². The van der Waals surface area contributed by atoms with Gasteiger partial charge in [-0.25, -0.2) is 4.98 Å². The van der Waals surface area contributed by atoms with E-state index < -0.39 is 5.38 Å². The average Bonchev–Trinajstić information content (AvgIpc) is 3.35. The summed E-state index contributed by atoms with van der Waals surface area (Å²) in [5.41, 5.74) is 1.89. The summed E-state index contributed by atoms with van der Waals surface area (Å²) in [5.74, 6) is 0.476. The molecule has 0 radical (unpaired) electrons. The molecule has 0 saturated carbocycles. The Morgan fingerprint density at radius 2 is 1.97 bits per heavy atom. The maximum absolute atomic E-state index is 12.4. The van der Waals surface area contributed by atoms with Crippen molar-refractivity contribution in [2.24, 2.45) is 0 Å². The summed E-state index contributed by atoms with van der Waals surface area (Å²) in [7, 11) is 0. The summed E-state index contributed by atoms with van der Waals surface area (Å²) in [6.45, 7) is 0. The maximum Gasteiger partial charge on any atom is 0.250 e. The monoisotopic (exact) mass is 478 g/mol. The van der Waals surface area contributed by atoms with Crippen LogP contribution in [0.25, 0.3) is 10.2 Å². The molecule has 10 heteroatoms. The molecule has 1 aliphatic rings. The minimum atomic E-state index is -0.627. The number of rotatable bonds is 5. The van der Waals surface area contributed by atoms with Gasteiger partial charge in [0.1, 0.15) is 10.4 Å². The number of alkyl halides is 1. The van der Waals surface area contributed by atoms with Gasteiger partial charge in [-0.1, -0.05) is 59.0 Å². The molecular weight excluding hydrogens is 467 g/mol. The van der Waals surface area contributed by atoms with Crippen molar-refractivity contribution in [3.8, 4) is 0 Å². The predicted octanol–water partition coefficient (Wildman–Crippen LogP) is 5.79. The fourth-order valence-electron chi connectivity index (χ4n) is 3.11.